The third-order valence-electron chi connectivity index (χ3n) is 11.9. The number of halogens is 1. The van der Waals surface area contributed by atoms with Gasteiger partial charge in [0.25, 0.3) is 5.91 Å². The number of sulfonamides is 1. The number of carbonyl (C=O) groups is 2. The van der Waals surface area contributed by atoms with E-state index in [0.717, 1.165) is 37.8 Å². The summed E-state index contributed by atoms with van der Waals surface area (Å²) in [6.45, 7) is 6.06. The largest absolute Gasteiger partial charge is 0.490 e. The van der Waals surface area contributed by atoms with E-state index >= 15 is 0 Å². The number of nitrogens with one attached hydrogen (secondary N) is 1. The van der Waals surface area contributed by atoms with Crippen LogP contribution in [0, 0.1) is 17.8 Å². The van der Waals surface area contributed by atoms with E-state index in [1.165, 1.54) is 11.1 Å². The topological polar surface area (TPSA) is 125 Å². The minimum Gasteiger partial charge on any atom is -0.490 e. The number of benzene rings is 2. The normalized spacial score (nSPS) is 32.9. The zero-order valence-electron chi connectivity index (χ0n) is 28.9. The van der Waals surface area contributed by atoms with Gasteiger partial charge in [-0.15, -0.1) is 0 Å². The Morgan fingerprint density at radius 1 is 1.14 bits per heavy atom. The minimum atomic E-state index is -3.99. The number of likely N-dealkylation sites (tertiary alicyclic amines) is 1. The molecule has 0 aromatic heterocycles. The molecule has 1 spiro atoms. The molecule has 7 atom stereocenters. The highest BCUT2D eigenvalue weighted by Gasteiger charge is 2.45. The zero-order chi connectivity index (χ0) is 35.2. The molecule has 0 radical (unpaired) electrons. The number of carbonyl (C=O) groups excluding carboxylic acids is 2. The predicted molar refractivity (Wildman–Crippen MR) is 192 cm³/mol. The maximum absolute atomic E-state index is 13.5. The summed E-state index contributed by atoms with van der Waals surface area (Å²) in [7, 11) is -3.99. The van der Waals surface area contributed by atoms with Gasteiger partial charge in [0, 0.05) is 42.2 Å². The predicted octanol–water partition coefficient (Wildman–Crippen LogP) is 4.86. The Hall–Kier alpha value is -3.12. The SMILES string of the molecule is C[C@@H]1[C@@H](C)C/C=C/[C@H](OCC(=O)N2CC[C@@H](O)C2)[C@@H]2CC[C@H]2CN2C[C@@]3(CCCc4cc(Cl)ccc43)COc3ccc(cc32)C(=O)NS1(=O)=O. The van der Waals surface area contributed by atoms with E-state index in [2.05, 4.69) is 21.8 Å². The highest BCUT2D eigenvalue weighted by Crippen LogP contribution is 2.47. The Morgan fingerprint density at radius 2 is 1.98 bits per heavy atom. The second-order valence-electron chi connectivity index (χ2n) is 15.2. The van der Waals surface area contributed by atoms with E-state index in [0.29, 0.717) is 56.4 Å². The van der Waals surface area contributed by atoms with Crippen LogP contribution < -0.4 is 14.4 Å². The van der Waals surface area contributed by atoms with Gasteiger partial charge in [-0.2, -0.15) is 0 Å². The van der Waals surface area contributed by atoms with Gasteiger partial charge in [0.1, 0.15) is 12.4 Å². The van der Waals surface area contributed by atoms with E-state index in [4.69, 9.17) is 21.1 Å². The number of rotatable bonds is 3. The molecule has 1 saturated heterocycles. The molecule has 7 rings (SSSR count). The third kappa shape index (κ3) is 7.03. The number of anilines is 1. The fraction of sp³-hybridized carbons (Fsp3) is 0.579. The maximum Gasteiger partial charge on any atom is 0.264 e. The number of β-amino-alcohol motifs (C(OH)–C–C–N with tert-alkyl or cyclic N) is 1. The molecule has 3 heterocycles. The number of aliphatic hydroxyl groups is 1. The molecule has 12 heteroatoms. The second-order valence-corrected chi connectivity index (χ2v) is 17.6. The van der Waals surface area contributed by atoms with Crippen LogP contribution >= 0.6 is 11.6 Å². The number of fused-ring (bicyclic) bond motifs is 4. The van der Waals surface area contributed by atoms with Crippen molar-refractivity contribution in [3.05, 3.63) is 70.3 Å². The summed E-state index contributed by atoms with van der Waals surface area (Å²) in [6, 6.07) is 11.4. The van der Waals surface area contributed by atoms with Crippen molar-refractivity contribution in [1.29, 1.82) is 0 Å². The van der Waals surface area contributed by atoms with Crippen LogP contribution in [0.4, 0.5) is 5.69 Å². The van der Waals surface area contributed by atoms with Crippen molar-refractivity contribution in [2.24, 2.45) is 17.8 Å². The fourth-order valence-corrected chi connectivity index (χ4v) is 10.0. The van der Waals surface area contributed by atoms with E-state index in [1.54, 1.807) is 30.0 Å². The molecule has 2 amide bonds. The van der Waals surface area contributed by atoms with Gasteiger partial charge in [0.2, 0.25) is 15.9 Å². The Kier molecular flexibility index (Phi) is 9.97. The van der Waals surface area contributed by atoms with Crippen molar-refractivity contribution in [2.45, 2.75) is 81.7 Å². The lowest BCUT2D eigenvalue weighted by molar-refractivity contribution is -0.138. The van der Waals surface area contributed by atoms with Crippen LogP contribution in [-0.4, -0.2) is 87.1 Å². The Morgan fingerprint density at radius 3 is 2.74 bits per heavy atom. The molecule has 5 aliphatic rings. The lowest BCUT2D eigenvalue weighted by Gasteiger charge is -2.46. The van der Waals surface area contributed by atoms with Crippen LogP contribution in [-0.2, 0) is 31.4 Å². The monoisotopic (exact) mass is 725 g/mol. The average molecular weight is 726 g/mol. The van der Waals surface area contributed by atoms with Crippen molar-refractivity contribution in [2.75, 3.05) is 44.3 Å². The smallest absolute Gasteiger partial charge is 0.264 e. The van der Waals surface area contributed by atoms with Gasteiger partial charge in [-0.1, -0.05) is 36.7 Å². The van der Waals surface area contributed by atoms with Crippen LogP contribution in [0.3, 0.4) is 0 Å². The zero-order valence-corrected chi connectivity index (χ0v) is 30.4. The number of aliphatic hydroxyl groups excluding tert-OH is 1. The standard InChI is InChI=1S/C38H48ClN3O7S/c1-24-5-3-7-34(48-21-36(44)41-16-14-30(43)20-41)31-11-8-28(31)19-42-22-38(15-4-6-26-17-29(39)10-12-32(26)38)23-49-35-13-9-27(18-33(35)42)37(45)40-50(46,47)25(24)2/h3,7,9-10,12-13,17-18,24-25,28,30-31,34,43H,4-6,8,11,14-16,19-23H2,1-2H3,(H,40,45)/b7-3+/t24-,25+,28-,30+,31+,34-,38-/m0/s1. The number of allylic oxidation sites excluding steroid dienone is 1. The van der Waals surface area contributed by atoms with Crippen LogP contribution in [0.1, 0.15) is 73.9 Å². The molecule has 3 aliphatic heterocycles. The molecule has 2 aromatic carbocycles. The lowest BCUT2D eigenvalue weighted by atomic mass is 9.68. The van der Waals surface area contributed by atoms with Crippen LogP contribution in [0.25, 0.3) is 0 Å². The molecular weight excluding hydrogens is 678 g/mol. The number of hydrogen-bond acceptors (Lipinski definition) is 8. The molecule has 2 bridgehead atoms. The molecule has 2 N–H and O–H groups in total. The summed E-state index contributed by atoms with van der Waals surface area (Å²) in [5, 5.41) is 9.86. The molecule has 50 heavy (non-hydrogen) atoms. The summed E-state index contributed by atoms with van der Waals surface area (Å²) < 4.78 is 42.2. The van der Waals surface area contributed by atoms with Crippen molar-refractivity contribution in [3.8, 4) is 5.75 Å². The molecule has 10 nitrogen and oxygen atoms in total. The number of aryl methyl sites for hydroxylation is 1. The van der Waals surface area contributed by atoms with Crippen LogP contribution in [0.2, 0.25) is 5.02 Å². The van der Waals surface area contributed by atoms with Crippen molar-refractivity contribution in [1.82, 2.24) is 9.62 Å². The van der Waals surface area contributed by atoms with Gasteiger partial charge < -0.3 is 24.4 Å². The molecule has 2 fully saturated rings. The van der Waals surface area contributed by atoms with Gasteiger partial charge in [-0.25, -0.2) is 13.1 Å². The van der Waals surface area contributed by atoms with Gasteiger partial charge in [-0.05, 0) is 111 Å². The molecule has 2 aliphatic carbocycles. The van der Waals surface area contributed by atoms with E-state index < -0.39 is 27.3 Å². The van der Waals surface area contributed by atoms with Gasteiger partial charge >= 0.3 is 0 Å². The summed E-state index contributed by atoms with van der Waals surface area (Å²) in [4.78, 5) is 30.6. The van der Waals surface area contributed by atoms with Crippen LogP contribution in [0.15, 0.2) is 48.6 Å². The quantitative estimate of drug-likeness (QED) is 0.430. The van der Waals surface area contributed by atoms with Crippen molar-refractivity contribution < 1.29 is 32.6 Å². The number of amides is 2. The summed E-state index contributed by atoms with van der Waals surface area (Å²) in [6.07, 6.45) is 8.97. The first-order chi connectivity index (χ1) is 23.9. The van der Waals surface area contributed by atoms with E-state index in [1.807, 2.05) is 25.1 Å². The van der Waals surface area contributed by atoms with E-state index in [-0.39, 0.29) is 47.4 Å². The fourth-order valence-electron chi connectivity index (χ4n) is 8.55. The van der Waals surface area contributed by atoms with E-state index in [9.17, 15) is 23.1 Å². The van der Waals surface area contributed by atoms with Crippen LogP contribution in [0.5, 0.6) is 5.75 Å². The highest BCUT2D eigenvalue weighted by atomic mass is 35.5. The third-order valence-corrected chi connectivity index (χ3v) is 14.1. The van der Waals surface area contributed by atoms with Crippen molar-refractivity contribution >= 4 is 39.1 Å². The molecule has 2 aromatic rings. The first-order valence-electron chi connectivity index (χ1n) is 18.0. The molecule has 1 saturated carbocycles. The van der Waals surface area contributed by atoms with Gasteiger partial charge in [0.05, 0.1) is 29.8 Å². The molecular formula is C38H48ClN3O7S. The Balaban J connectivity index is 1.24. The number of ether oxygens (including phenoxy) is 2. The maximum atomic E-state index is 13.5. The number of hydrogen-bond donors (Lipinski definition) is 2. The van der Waals surface area contributed by atoms with Gasteiger partial charge in [-0.3, -0.25) is 9.59 Å². The van der Waals surface area contributed by atoms with Crippen molar-refractivity contribution in [3.63, 3.8) is 0 Å². The Labute approximate surface area is 300 Å². The first-order valence-corrected chi connectivity index (χ1v) is 20.0. The summed E-state index contributed by atoms with van der Waals surface area (Å²) in [5.74, 6) is -0.0307. The highest BCUT2D eigenvalue weighted by molar-refractivity contribution is 7.90. The first kappa shape index (κ1) is 35.3. The Bertz CT molecular complexity index is 1770. The number of nitrogens with zero attached hydrogens (tertiary/aromatic N) is 2. The molecule has 0 unspecified atom stereocenters. The lowest BCUT2D eigenvalue weighted by Crippen LogP contribution is -2.50. The minimum absolute atomic E-state index is 0.0798. The summed E-state index contributed by atoms with van der Waals surface area (Å²) >= 11 is 6.44. The second kappa shape index (κ2) is 14.1. The molecule has 270 valence electrons. The average Bonchev–Trinajstić information content (AvgIpc) is 3.45. The van der Waals surface area contributed by atoms with Gasteiger partial charge in [0.15, 0.2) is 0 Å². The summed E-state index contributed by atoms with van der Waals surface area (Å²) in [5.41, 5.74) is 3.19.